The molecule has 0 radical (unpaired) electrons. The molecule has 116 valence electrons. The van der Waals surface area contributed by atoms with Gasteiger partial charge >= 0.3 is 0 Å². The van der Waals surface area contributed by atoms with Gasteiger partial charge in [0.1, 0.15) is 5.01 Å². The van der Waals surface area contributed by atoms with Crippen molar-refractivity contribution in [1.82, 2.24) is 14.8 Å². The average molecular weight is 313 g/mol. The third-order valence-corrected chi connectivity index (χ3v) is 5.85. The fourth-order valence-electron chi connectivity index (χ4n) is 3.45. The summed E-state index contributed by atoms with van der Waals surface area (Å²) in [5.74, 6) is 0. The Morgan fingerprint density at radius 1 is 0.909 bits per heavy atom. The molecule has 1 aliphatic carbocycles. The van der Waals surface area contributed by atoms with Crippen molar-refractivity contribution in [2.75, 3.05) is 26.2 Å². The van der Waals surface area contributed by atoms with Crippen LogP contribution in [0, 0.1) is 0 Å². The summed E-state index contributed by atoms with van der Waals surface area (Å²) in [6.45, 7) is 6.80. The Balaban J connectivity index is 1.28. The van der Waals surface area contributed by atoms with Crippen LogP contribution in [0.5, 0.6) is 0 Å². The SMILES string of the molecule is c1ccc(CN2CCN(Cc3nc4c(s3)CCC4)CC2)cc1. The van der Waals surface area contributed by atoms with E-state index in [1.165, 1.54) is 48.6 Å². The monoisotopic (exact) mass is 313 g/mol. The van der Waals surface area contributed by atoms with Crippen molar-refractivity contribution in [2.24, 2.45) is 0 Å². The van der Waals surface area contributed by atoms with Crippen LogP contribution in [0.3, 0.4) is 0 Å². The molecule has 0 spiro atoms. The lowest BCUT2D eigenvalue weighted by Gasteiger charge is -2.34. The van der Waals surface area contributed by atoms with Crippen LogP contribution in [0.2, 0.25) is 0 Å². The smallest absolute Gasteiger partial charge is 0.107 e. The molecule has 4 heteroatoms. The number of benzene rings is 1. The number of hydrogen-bond acceptors (Lipinski definition) is 4. The van der Waals surface area contributed by atoms with Crippen molar-refractivity contribution < 1.29 is 0 Å². The number of nitrogens with zero attached hydrogens (tertiary/aromatic N) is 3. The lowest BCUT2D eigenvalue weighted by molar-refractivity contribution is 0.122. The molecule has 0 amide bonds. The molecule has 0 unspecified atom stereocenters. The molecule has 3 nitrogen and oxygen atoms in total. The van der Waals surface area contributed by atoms with Crippen molar-refractivity contribution in [3.05, 3.63) is 51.5 Å². The molecule has 1 fully saturated rings. The highest BCUT2D eigenvalue weighted by molar-refractivity contribution is 7.11. The Hall–Kier alpha value is -1.23. The minimum absolute atomic E-state index is 1.05. The maximum Gasteiger partial charge on any atom is 0.107 e. The number of rotatable bonds is 4. The van der Waals surface area contributed by atoms with Crippen molar-refractivity contribution in [1.29, 1.82) is 0 Å². The average Bonchev–Trinajstić information content (AvgIpc) is 3.12. The summed E-state index contributed by atoms with van der Waals surface area (Å²) in [5, 5.41) is 1.33. The van der Waals surface area contributed by atoms with E-state index in [2.05, 4.69) is 40.1 Å². The van der Waals surface area contributed by atoms with Crippen molar-refractivity contribution in [3.8, 4) is 0 Å². The number of piperazine rings is 1. The maximum atomic E-state index is 4.83. The highest BCUT2D eigenvalue weighted by Gasteiger charge is 2.21. The van der Waals surface area contributed by atoms with Gasteiger partial charge in [-0.25, -0.2) is 4.98 Å². The van der Waals surface area contributed by atoms with Gasteiger partial charge in [0.15, 0.2) is 0 Å². The summed E-state index contributed by atoms with van der Waals surface area (Å²) >= 11 is 1.95. The first kappa shape index (κ1) is 14.4. The standard InChI is InChI=1S/C18H23N3S/c1-2-5-15(6-3-1)13-20-9-11-21(12-10-20)14-18-19-16-7-4-8-17(16)22-18/h1-3,5-6H,4,7-14H2. The van der Waals surface area contributed by atoms with E-state index in [9.17, 15) is 0 Å². The van der Waals surface area contributed by atoms with Crippen LogP contribution in [0.4, 0.5) is 0 Å². The lowest BCUT2D eigenvalue weighted by Crippen LogP contribution is -2.45. The van der Waals surface area contributed by atoms with Crippen LogP contribution in [0.25, 0.3) is 0 Å². The first-order valence-electron chi connectivity index (χ1n) is 8.33. The summed E-state index contributed by atoms with van der Waals surface area (Å²) < 4.78 is 0. The molecule has 2 aliphatic rings. The topological polar surface area (TPSA) is 19.4 Å². The third-order valence-electron chi connectivity index (χ3n) is 4.71. The van der Waals surface area contributed by atoms with Gasteiger partial charge in [-0.15, -0.1) is 11.3 Å². The Kier molecular flexibility index (Phi) is 4.24. The second-order valence-corrected chi connectivity index (χ2v) is 7.54. The van der Waals surface area contributed by atoms with Crippen LogP contribution in [-0.2, 0) is 25.9 Å². The van der Waals surface area contributed by atoms with E-state index in [1.807, 2.05) is 11.3 Å². The number of aryl methyl sites for hydroxylation is 2. The van der Waals surface area contributed by atoms with E-state index in [4.69, 9.17) is 4.98 Å². The van der Waals surface area contributed by atoms with Crippen LogP contribution < -0.4 is 0 Å². The molecule has 0 N–H and O–H groups in total. The zero-order chi connectivity index (χ0) is 14.8. The van der Waals surface area contributed by atoms with Crippen LogP contribution in [0.15, 0.2) is 30.3 Å². The van der Waals surface area contributed by atoms with Crippen LogP contribution >= 0.6 is 11.3 Å². The Bertz CT molecular complexity index is 593. The molecule has 22 heavy (non-hydrogen) atoms. The van der Waals surface area contributed by atoms with Crippen molar-refractivity contribution >= 4 is 11.3 Å². The second kappa shape index (κ2) is 6.49. The summed E-state index contributed by atoms with van der Waals surface area (Å²) in [6.07, 6.45) is 3.78. The Labute approximate surface area is 136 Å². The zero-order valence-electron chi connectivity index (χ0n) is 13.0. The predicted molar refractivity (Wildman–Crippen MR) is 91.1 cm³/mol. The summed E-state index contributed by atoms with van der Waals surface area (Å²) in [5.41, 5.74) is 2.81. The molecule has 1 aromatic heterocycles. The zero-order valence-corrected chi connectivity index (χ0v) is 13.8. The molecule has 2 heterocycles. The molecule has 0 bridgehead atoms. The number of fused-ring (bicyclic) bond motifs is 1. The highest BCUT2D eigenvalue weighted by Crippen LogP contribution is 2.28. The van der Waals surface area contributed by atoms with Gasteiger partial charge in [0, 0.05) is 37.6 Å². The van der Waals surface area contributed by atoms with E-state index < -0.39 is 0 Å². The molecule has 0 saturated carbocycles. The first-order chi connectivity index (χ1) is 10.9. The van der Waals surface area contributed by atoms with E-state index in [0.717, 1.165) is 26.2 Å². The maximum absolute atomic E-state index is 4.83. The fourth-order valence-corrected chi connectivity index (χ4v) is 4.65. The Morgan fingerprint density at radius 3 is 2.36 bits per heavy atom. The van der Waals surface area contributed by atoms with Gasteiger partial charge in [-0.05, 0) is 24.8 Å². The molecule has 2 aromatic rings. The molecule has 1 aliphatic heterocycles. The number of hydrogen-bond donors (Lipinski definition) is 0. The van der Waals surface area contributed by atoms with Crippen LogP contribution in [-0.4, -0.2) is 41.0 Å². The van der Waals surface area contributed by atoms with Gasteiger partial charge in [-0.1, -0.05) is 30.3 Å². The highest BCUT2D eigenvalue weighted by atomic mass is 32.1. The van der Waals surface area contributed by atoms with Gasteiger partial charge in [-0.2, -0.15) is 0 Å². The van der Waals surface area contributed by atoms with Gasteiger partial charge < -0.3 is 0 Å². The minimum Gasteiger partial charge on any atom is -0.297 e. The third kappa shape index (κ3) is 3.24. The molecule has 1 saturated heterocycles. The number of aromatic nitrogens is 1. The van der Waals surface area contributed by atoms with E-state index in [-0.39, 0.29) is 0 Å². The fraction of sp³-hybridized carbons (Fsp3) is 0.500. The lowest BCUT2D eigenvalue weighted by atomic mass is 10.2. The van der Waals surface area contributed by atoms with E-state index in [1.54, 1.807) is 4.88 Å². The Morgan fingerprint density at radius 2 is 1.64 bits per heavy atom. The van der Waals surface area contributed by atoms with Gasteiger partial charge in [0.2, 0.25) is 0 Å². The summed E-state index contributed by atoms with van der Waals surface area (Å²) in [6, 6.07) is 10.8. The molecular weight excluding hydrogens is 290 g/mol. The predicted octanol–water partition coefficient (Wildman–Crippen LogP) is 2.95. The van der Waals surface area contributed by atoms with Gasteiger partial charge in [0.05, 0.1) is 12.2 Å². The van der Waals surface area contributed by atoms with Crippen molar-refractivity contribution in [3.63, 3.8) is 0 Å². The summed E-state index contributed by atoms with van der Waals surface area (Å²) in [4.78, 5) is 11.5. The summed E-state index contributed by atoms with van der Waals surface area (Å²) in [7, 11) is 0. The molecule has 4 rings (SSSR count). The largest absolute Gasteiger partial charge is 0.297 e. The molecule has 1 aromatic carbocycles. The van der Waals surface area contributed by atoms with E-state index in [0.29, 0.717) is 0 Å². The number of thiazole rings is 1. The van der Waals surface area contributed by atoms with Gasteiger partial charge in [-0.3, -0.25) is 9.80 Å². The van der Waals surface area contributed by atoms with Crippen LogP contribution in [0.1, 0.15) is 27.6 Å². The first-order valence-corrected chi connectivity index (χ1v) is 9.14. The molecular formula is C18H23N3S. The van der Waals surface area contributed by atoms with Gasteiger partial charge in [0.25, 0.3) is 0 Å². The van der Waals surface area contributed by atoms with E-state index >= 15 is 0 Å². The molecule has 0 atom stereocenters. The quantitative estimate of drug-likeness (QED) is 0.865. The minimum atomic E-state index is 1.05. The normalized spacial score (nSPS) is 19.5. The van der Waals surface area contributed by atoms with Crippen molar-refractivity contribution in [2.45, 2.75) is 32.4 Å². The second-order valence-electron chi connectivity index (χ2n) is 6.37.